The Balaban J connectivity index is 2.07. The zero-order valence-corrected chi connectivity index (χ0v) is 13.1. The molecular weight excluding hydrogens is 278 g/mol. The van der Waals surface area contributed by atoms with Crippen molar-refractivity contribution in [3.8, 4) is 0 Å². The summed E-state index contributed by atoms with van der Waals surface area (Å²) in [6.07, 6.45) is 1.71. The molecule has 114 valence electrons. The Morgan fingerprint density at radius 1 is 1.35 bits per heavy atom. The van der Waals surface area contributed by atoms with Crippen molar-refractivity contribution in [3.63, 3.8) is 0 Å². The first-order valence-corrected chi connectivity index (χ1v) is 8.29. The van der Waals surface area contributed by atoms with Crippen molar-refractivity contribution in [1.29, 1.82) is 0 Å². The van der Waals surface area contributed by atoms with Crippen molar-refractivity contribution < 1.29 is 12.8 Å². The van der Waals surface area contributed by atoms with E-state index < -0.39 is 10.0 Å². The third-order valence-corrected chi connectivity index (χ3v) is 5.51. The number of hydrogen-bond acceptors (Lipinski definition) is 5. The predicted octanol–water partition coefficient (Wildman–Crippen LogP) is 0.714. The maximum atomic E-state index is 12.5. The molecule has 0 saturated carbocycles. The average Bonchev–Trinajstić information content (AvgIpc) is 2.88. The monoisotopic (exact) mass is 301 g/mol. The van der Waals surface area contributed by atoms with Crippen LogP contribution in [0.2, 0.25) is 0 Å². The van der Waals surface area contributed by atoms with Crippen LogP contribution in [0.1, 0.15) is 18.6 Å². The Bertz CT molecular complexity index is 531. The maximum absolute atomic E-state index is 12.5. The highest BCUT2D eigenvalue weighted by atomic mass is 32.2. The molecule has 7 heteroatoms. The fourth-order valence-electron chi connectivity index (χ4n) is 2.49. The van der Waals surface area contributed by atoms with Crippen LogP contribution in [0.25, 0.3) is 0 Å². The molecular formula is C13H23N3O3S. The van der Waals surface area contributed by atoms with Crippen LogP contribution in [-0.4, -0.2) is 57.9 Å². The molecule has 6 nitrogen and oxygen atoms in total. The van der Waals surface area contributed by atoms with Gasteiger partial charge in [0.25, 0.3) is 10.0 Å². The van der Waals surface area contributed by atoms with Gasteiger partial charge in [-0.1, -0.05) is 0 Å². The molecule has 0 radical (unpaired) electrons. The zero-order chi connectivity index (χ0) is 14.8. The van der Waals surface area contributed by atoms with Crippen LogP contribution in [0.15, 0.2) is 21.6 Å². The summed E-state index contributed by atoms with van der Waals surface area (Å²) in [5, 5.41) is 2.99. The van der Waals surface area contributed by atoms with Gasteiger partial charge in [0.2, 0.25) is 5.09 Å². The third kappa shape index (κ3) is 3.22. The first-order chi connectivity index (χ1) is 9.45. The fourth-order valence-corrected chi connectivity index (χ4v) is 3.89. The number of piperidine rings is 1. The van der Waals surface area contributed by atoms with Gasteiger partial charge in [0.1, 0.15) is 5.76 Å². The molecule has 2 rings (SSSR count). The molecule has 1 aromatic rings. The minimum absolute atomic E-state index is 0.0473. The molecule has 0 unspecified atom stereocenters. The summed E-state index contributed by atoms with van der Waals surface area (Å²) in [7, 11) is 2.37. The van der Waals surface area contributed by atoms with Crippen LogP contribution < -0.4 is 5.32 Å². The number of nitrogens with zero attached hydrogens (tertiary/aromatic N) is 2. The van der Waals surface area contributed by atoms with Gasteiger partial charge in [0, 0.05) is 19.1 Å². The van der Waals surface area contributed by atoms with Crippen LogP contribution in [0.4, 0.5) is 0 Å². The number of rotatable bonds is 5. The Labute approximate surface area is 120 Å². The molecule has 1 aliphatic rings. The second kappa shape index (κ2) is 6.26. The van der Waals surface area contributed by atoms with E-state index in [1.54, 1.807) is 19.2 Å². The Morgan fingerprint density at radius 2 is 2.00 bits per heavy atom. The van der Waals surface area contributed by atoms with Gasteiger partial charge in [-0.2, -0.15) is 4.31 Å². The summed E-state index contributed by atoms with van der Waals surface area (Å²) < 4.78 is 31.9. The Kier molecular flexibility index (Phi) is 4.85. The largest absolute Gasteiger partial charge is 0.447 e. The first-order valence-electron chi connectivity index (χ1n) is 6.85. The zero-order valence-electron chi connectivity index (χ0n) is 12.3. The van der Waals surface area contributed by atoms with Crippen LogP contribution in [0.5, 0.6) is 0 Å². The lowest BCUT2D eigenvalue weighted by molar-refractivity contribution is 0.195. The Morgan fingerprint density at radius 3 is 2.55 bits per heavy atom. The van der Waals surface area contributed by atoms with Crippen LogP contribution >= 0.6 is 0 Å². The fraction of sp³-hybridized carbons (Fsp3) is 0.692. The van der Waals surface area contributed by atoms with Crippen molar-refractivity contribution in [3.05, 3.63) is 17.9 Å². The molecule has 0 aromatic carbocycles. The minimum Gasteiger partial charge on any atom is -0.447 e. The summed E-state index contributed by atoms with van der Waals surface area (Å²) in [6, 6.07) is 3.70. The number of nitrogens with one attached hydrogen (secondary N) is 1. The maximum Gasteiger partial charge on any atom is 0.276 e. The number of sulfonamides is 1. The van der Waals surface area contributed by atoms with Gasteiger partial charge in [-0.3, -0.25) is 0 Å². The smallest absolute Gasteiger partial charge is 0.276 e. The second-order valence-electron chi connectivity index (χ2n) is 5.35. The highest BCUT2D eigenvalue weighted by molar-refractivity contribution is 7.89. The molecule has 0 aliphatic carbocycles. The molecule has 0 amide bonds. The van der Waals surface area contributed by atoms with Gasteiger partial charge >= 0.3 is 0 Å². The molecule has 0 bridgehead atoms. The van der Waals surface area contributed by atoms with Gasteiger partial charge in [-0.25, -0.2) is 8.42 Å². The topological polar surface area (TPSA) is 65.8 Å². The van der Waals surface area contributed by atoms with E-state index in [1.807, 2.05) is 14.1 Å². The highest BCUT2D eigenvalue weighted by Gasteiger charge is 2.32. The van der Waals surface area contributed by atoms with E-state index in [4.69, 9.17) is 4.42 Å². The van der Waals surface area contributed by atoms with E-state index in [2.05, 4.69) is 10.2 Å². The molecule has 1 fully saturated rings. The normalized spacial score (nSPS) is 18.8. The second-order valence-corrected chi connectivity index (χ2v) is 7.22. The lowest BCUT2D eigenvalue weighted by Gasteiger charge is -2.33. The summed E-state index contributed by atoms with van der Waals surface area (Å²) in [6.45, 7) is 1.62. The first kappa shape index (κ1) is 15.5. The summed E-state index contributed by atoms with van der Waals surface area (Å²) in [5.74, 6) is 0.634. The highest BCUT2D eigenvalue weighted by Crippen LogP contribution is 2.23. The number of furan rings is 1. The molecule has 1 saturated heterocycles. The van der Waals surface area contributed by atoms with Crippen molar-refractivity contribution in [2.45, 2.75) is 30.5 Å². The van der Waals surface area contributed by atoms with Crippen LogP contribution in [0.3, 0.4) is 0 Å². The van der Waals surface area contributed by atoms with Crippen LogP contribution in [-0.2, 0) is 16.6 Å². The quantitative estimate of drug-likeness (QED) is 0.868. The van der Waals surface area contributed by atoms with Crippen molar-refractivity contribution in [2.24, 2.45) is 0 Å². The Hall–Kier alpha value is -0.890. The van der Waals surface area contributed by atoms with E-state index in [0.29, 0.717) is 31.4 Å². The predicted molar refractivity (Wildman–Crippen MR) is 76.9 cm³/mol. The third-order valence-electron chi connectivity index (χ3n) is 3.74. The summed E-state index contributed by atoms with van der Waals surface area (Å²) >= 11 is 0. The lowest BCUT2D eigenvalue weighted by Crippen LogP contribution is -2.44. The number of hydrogen-bond donors (Lipinski definition) is 1. The van der Waals surface area contributed by atoms with Crippen LogP contribution in [0, 0.1) is 0 Å². The van der Waals surface area contributed by atoms with Crippen molar-refractivity contribution >= 4 is 10.0 Å². The van der Waals surface area contributed by atoms with Crippen molar-refractivity contribution in [1.82, 2.24) is 14.5 Å². The molecule has 20 heavy (non-hydrogen) atoms. The standard InChI is InChI=1S/C13H23N3O3S/c1-14-10-12-4-5-13(19-12)20(17,18)16-8-6-11(7-9-16)15(2)3/h4-5,11,14H,6-10H2,1-3H3. The van der Waals surface area contributed by atoms with Crippen molar-refractivity contribution in [2.75, 3.05) is 34.2 Å². The van der Waals surface area contributed by atoms with Gasteiger partial charge in [0.15, 0.2) is 0 Å². The van der Waals surface area contributed by atoms with E-state index in [9.17, 15) is 8.42 Å². The molecule has 1 aromatic heterocycles. The average molecular weight is 301 g/mol. The molecule has 1 N–H and O–H groups in total. The van der Waals surface area contributed by atoms with Gasteiger partial charge in [-0.05, 0) is 46.1 Å². The van der Waals surface area contributed by atoms with E-state index in [1.165, 1.54) is 4.31 Å². The molecule has 1 aliphatic heterocycles. The molecule has 0 atom stereocenters. The van der Waals surface area contributed by atoms with Gasteiger partial charge in [-0.15, -0.1) is 0 Å². The minimum atomic E-state index is -3.49. The van der Waals surface area contributed by atoms with Gasteiger partial charge < -0.3 is 14.6 Å². The lowest BCUT2D eigenvalue weighted by atomic mass is 10.1. The SMILES string of the molecule is CNCc1ccc(S(=O)(=O)N2CCC(N(C)C)CC2)o1. The van der Waals surface area contributed by atoms with Gasteiger partial charge in [0.05, 0.1) is 6.54 Å². The van der Waals surface area contributed by atoms with E-state index >= 15 is 0 Å². The molecule has 0 spiro atoms. The van der Waals surface area contributed by atoms with E-state index in [-0.39, 0.29) is 5.09 Å². The summed E-state index contributed by atoms with van der Waals surface area (Å²) in [5.41, 5.74) is 0. The summed E-state index contributed by atoms with van der Waals surface area (Å²) in [4.78, 5) is 2.15. The molecule has 2 heterocycles. The van der Waals surface area contributed by atoms with E-state index in [0.717, 1.165) is 12.8 Å².